The molecule has 0 heterocycles. The monoisotopic (exact) mass is 233 g/mol. The maximum Gasteiger partial charge on any atom is 0.269 e. The summed E-state index contributed by atoms with van der Waals surface area (Å²) in [5, 5.41) is 20.7. The fourth-order valence-corrected chi connectivity index (χ4v) is 2.14. The molecule has 4 heteroatoms. The van der Waals surface area contributed by atoms with Crippen molar-refractivity contribution in [2.75, 3.05) is 0 Å². The highest BCUT2D eigenvalue weighted by Gasteiger charge is 2.20. The van der Waals surface area contributed by atoms with Crippen molar-refractivity contribution in [3.8, 4) is 0 Å². The van der Waals surface area contributed by atoms with Crippen molar-refractivity contribution in [1.29, 1.82) is 0 Å². The second-order valence-electron chi connectivity index (χ2n) is 4.32. The van der Waals surface area contributed by atoms with Gasteiger partial charge >= 0.3 is 0 Å². The highest BCUT2D eigenvalue weighted by atomic mass is 16.6. The predicted octanol–water partition coefficient (Wildman–Crippen LogP) is 2.98. The molecule has 0 fully saturated rings. The van der Waals surface area contributed by atoms with Crippen LogP contribution < -0.4 is 0 Å². The number of hydrogen-bond acceptors (Lipinski definition) is 3. The Balaban J connectivity index is 2.13. The second-order valence-corrected chi connectivity index (χ2v) is 4.32. The van der Waals surface area contributed by atoms with E-state index >= 15 is 0 Å². The Morgan fingerprint density at radius 3 is 2.59 bits per heavy atom. The third kappa shape index (κ3) is 2.71. The van der Waals surface area contributed by atoms with Crippen molar-refractivity contribution >= 4 is 5.69 Å². The van der Waals surface area contributed by atoms with Crippen molar-refractivity contribution in [2.45, 2.75) is 25.4 Å². The zero-order valence-electron chi connectivity index (χ0n) is 9.45. The van der Waals surface area contributed by atoms with Crippen LogP contribution in [0.25, 0.3) is 0 Å². The Morgan fingerprint density at radius 2 is 2.06 bits per heavy atom. The summed E-state index contributed by atoms with van der Waals surface area (Å²) in [7, 11) is 0. The highest BCUT2D eigenvalue weighted by molar-refractivity contribution is 5.34. The van der Waals surface area contributed by atoms with E-state index < -0.39 is 11.0 Å². The molecule has 0 aliphatic heterocycles. The molecule has 2 atom stereocenters. The minimum atomic E-state index is -0.563. The lowest BCUT2D eigenvalue weighted by molar-refractivity contribution is -0.384. The van der Waals surface area contributed by atoms with Crippen LogP contribution in [0.1, 0.15) is 30.9 Å². The van der Waals surface area contributed by atoms with E-state index in [4.69, 9.17) is 0 Å². The van der Waals surface area contributed by atoms with Crippen LogP contribution in [0, 0.1) is 16.0 Å². The molecular weight excluding hydrogens is 218 g/mol. The Hall–Kier alpha value is -1.68. The quantitative estimate of drug-likeness (QED) is 0.496. The zero-order chi connectivity index (χ0) is 12.3. The molecule has 1 N–H and O–H groups in total. The van der Waals surface area contributed by atoms with Crippen LogP contribution in [0.15, 0.2) is 36.4 Å². The van der Waals surface area contributed by atoms with Gasteiger partial charge in [0, 0.05) is 18.1 Å². The number of hydrogen-bond donors (Lipinski definition) is 1. The predicted molar refractivity (Wildman–Crippen MR) is 64.5 cm³/mol. The molecular formula is C13H15NO3. The molecule has 0 spiro atoms. The Bertz CT molecular complexity index is 425. The van der Waals surface area contributed by atoms with Gasteiger partial charge in [0.25, 0.3) is 5.69 Å². The van der Waals surface area contributed by atoms with Gasteiger partial charge in [0.1, 0.15) is 0 Å². The van der Waals surface area contributed by atoms with Crippen LogP contribution in [0.2, 0.25) is 0 Å². The van der Waals surface area contributed by atoms with Gasteiger partial charge in [0.15, 0.2) is 0 Å². The number of aliphatic hydroxyl groups is 1. The van der Waals surface area contributed by atoms with Crippen molar-refractivity contribution in [3.05, 3.63) is 52.1 Å². The minimum absolute atomic E-state index is 0.0557. The molecule has 4 nitrogen and oxygen atoms in total. The largest absolute Gasteiger partial charge is 0.388 e. The smallest absolute Gasteiger partial charge is 0.269 e. The minimum Gasteiger partial charge on any atom is -0.388 e. The number of nitro groups is 1. The van der Waals surface area contributed by atoms with Gasteiger partial charge in [-0.1, -0.05) is 12.2 Å². The Labute approximate surface area is 99.7 Å². The van der Waals surface area contributed by atoms with Crippen LogP contribution in [0.3, 0.4) is 0 Å². The molecule has 1 aliphatic carbocycles. The second kappa shape index (κ2) is 5.10. The fourth-order valence-electron chi connectivity index (χ4n) is 2.14. The third-order valence-corrected chi connectivity index (χ3v) is 3.14. The van der Waals surface area contributed by atoms with E-state index in [0.29, 0.717) is 0 Å². The van der Waals surface area contributed by atoms with Crippen LogP contribution in [-0.2, 0) is 0 Å². The maximum atomic E-state index is 10.5. The Morgan fingerprint density at radius 1 is 1.35 bits per heavy atom. The van der Waals surface area contributed by atoms with E-state index in [2.05, 4.69) is 6.08 Å². The van der Waals surface area contributed by atoms with Gasteiger partial charge in [-0.25, -0.2) is 0 Å². The summed E-state index contributed by atoms with van der Waals surface area (Å²) in [6.07, 6.45) is 6.69. The molecule has 1 aromatic carbocycles. The molecule has 0 unspecified atom stereocenters. The van der Waals surface area contributed by atoms with Gasteiger partial charge in [0.2, 0.25) is 0 Å². The molecule has 0 saturated carbocycles. The molecule has 1 aliphatic rings. The van der Waals surface area contributed by atoms with Crippen LogP contribution >= 0.6 is 0 Å². The van der Waals surface area contributed by atoms with Gasteiger partial charge < -0.3 is 5.11 Å². The van der Waals surface area contributed by atoms with Crippen molar-refractivity contribution < 1.29 is 10.0 Å². The topological polar surface area (TPSA) is 63.4 Å². The van der Waals surface area contributed by atoms with Crippen LogP contribution in [0.5, 0.6) is 0 Å². The average Bonchev–Trinajstić information content (AvgIpc) is 2.39. The van der Waals surface area contributed by atoms with Crippen molar-refractivity contribution in [3.63, 3.8) is 0 Å². The summed E-state index contributed by atoms with van der Waals surface area (Å²) in [4.78, 5) is 10.1. The average molecular weight is 233 g/mol. The highest BCUT2D eigenvalue weighted by Crippen LogP contribution is 2.30. The number of nitrogens with zero attached hydrogens (tertiary/aromatic N) is 1. The number of rotatable bonds is 3. The number of non-ortho nitro benzene ring substituents is 1. The normalized spacial score (nSPS) is 21.1. The SMILES string of the molecule is O=[N+]([O-])c1ccc([C@H](O)[C@@H]2C=CCCC2)cc1. The maximum absolute atomic E-state index is 10.5. The molecule has 2 rings (SSSR count). The van der Waals surface area contributed by atoms with Gasteiger partial charge in [-0.2, -0.15) is 0 Å². The number of allylic oxidation sites excluding steroid dienone is 1. The summed E-state index contributed by atoms with van der Waals surface area (Å²) in [6, 6.07) is 6.13. The molecule has 0 radical (unpaired) electrons. The van der Waals surface area contributed by atoms with E-state index in [1.54, 1.807) is 12.1 Å². The molecule has 1 aromatic rings. The number of nitro benzene ring substituents is 1. The zero-order valence-corrected chi connectivity index (χ0v) is 9.45. The Kier molecular flexibility index (Phi) is 3.54. The third-order valence-electron chi connectivity index (χ3n) is 3.14. The lowest BCUT2D eigenvalue weighted by atomic mass is 9.87. The van der Waals surface area contributed by atoms with Crippen molar-refractivity contribution in [1.82, 2.24) is 0 Å². The summed E-state index contributed by atoms with van der Waals surface area (Å²) in [5.41, 5.74) is 0.798. The summed E-state index contributed by atoms with van der Waals surface area (Å²) < 4.78 is 0. The molecule has 0 aromatic heterocycles. The first-order chi connectivity index (χ1) is 8.18. The lowest BCUT2D eigenvalue weighted by Gasteiger charge is -2.22. The number of aliphatic hydroxyl groups excluding tert-OH is 1. The van der Waals surface area contributed by atoms with Gasteiger partial charge in [-0.05, 0) is 37.0 Å². The summed E-state index contributed by atoms with van der Waals surface area (Å²) in [6.45, 7) is 0. The van der Waals surface area contributed by atoms with Crippen LogP contribution in [0.4, 0.5) is 5.69 Å². The molecule has 0 bridgehead atoms. The molecule has 90 valence electrons. The fraction of sp³-hybridized carbons (Fsp3) is 0.385. The standard InChI is InChI=1S/C13H15NO3/c15-13(10-4-2-1-3-5-10)11-6-8-12(9-7-11)14(16)17/h2,4,6-10,13,15H,1,3,5H2/t10-,13-/m1/s1. The van der Waals surface area contributed by atoms with Crippen molar-refractivity contribution in [2.24, 2.45) is 5.92 Å². The molecule has 17 heavy (non-hydrogen) atoms. The van der Waals surface area contributed by atoms with Gasteiger partial charge in [-0.15, -0.1) is 0 Å². The van der Waals surface area contributed by atoms with Gasteiger partial charge in [-0.3, -0.25) is 10.1 Å². The first-order valence-corrected chi connectivity index (χ1v) is 5.77. The summed E-state index contributed by atoms with van der Waals surface area (Å²) in [5.74, 6) is 0.130. The van der Waals surface area contributed by atoms with E-state index in [-0.39, 0.29) is 11.6 Å². The first kappa shape index (κ1) is 11.8. The van der Waals surface area contributed by atoms with E-state index in [9.17, 15) is 15.2 Å². The number of benzene rings is 1. The van der Waals surface area contributed by atoms with E-state index in [1.807, 2.05) is 6.08 Å². The summed E-state index contributed by atoms with van der Waals surface area (Å²) >= 11 is 0. The van der Waals surface area contributed by atoms with E-state index in [1.165, 1.54) is 12.1 Å². The van der Waals surface area contributed by atoms with E-state index in [0.717, 1.165) is 24.8 Å². The molecule has 0 amide bonds. The van der Waals surface area contributed by atoms with Gasteiger partial charge in [0.05, 0.1) is 11.0 Å². The first-order valence-electron chi connectivity index (χ1n) is 5.77. The van der Waals surface area contributed by atoms with Crippen LogP contribution in [-0.4, -0.2) is 10.0 Å². The lowest BCUT2D eigenvalue weighted by Crippen LogP contribution is -2.12. The molecule has 0 saturated heterocycles.